The third-order valence-corrected chi connectivity index (χ3v) is 3.18. The van der Waals surface area contributed by atoms with E-state index < -0.39 is 0 Å². The molecule has 0 aliphatic carbocycles. The minimum atomic E-state index is -0.0162. The van der Waals surface area contributed by atoms with E-state index in [0.717, 1.165) is 29.8 Å². The Hall–Kier alpha value is -1.26. The molecule has 0 bridgehead atoms. The van der Waals surface area contributed by atoms with E-state index in [1.54, 1.807) is 4.90 Å². The van der Waals surface area contributed by atoms with Gasteiger partial charge in [0.25, 0.3) is 5.91 Å². The molecule has 18 heavy (non-hydrogen) atoms. The van der Waals surface area contributed by atoms with Crippen molar-refractivity contribution in [3.8, 4) is 5.75 Å². The van der Waals surface area contributed by atoms with Crippen molar-refractivity contribution in [1.82, 2.24) is 0 Å². The SMILES string of the molecule is NCCc1ccc2c(c1)N(CCCCl)C(=O)CO2. The van der Waals surface area contributed by atoms with Crippen LogP contribution in [0.4, 0.5) is 5.69 Å². The van der Waals surface area contributed by atoms with Crippen molar-refractivity contribution >= 4 is 23.2 Å². The van der Waals surface area contributed by atoms with E-state index in [2.05, 4.69) is 0 Å². The zero-order valence-electron chi connectivity index (χ0n) is 10.2. The molecule has 5 heteroatoms. The molecular weight excluding hydrogens is 252 g/mol. The Bertz CT molecular complexity index is 437. The molecule has 0 saturated carbocycles. The Morgan fingerprint density at radius 3 is 3.00 bits per heavy atom. The summed E-state index contributed by atoms with van der Waals surface area (Å²) in [6, 6.07) is 5.87. The van der Waals surface area contributed by atoms with Gasteiger partial charge in [-0.25, -0.2) is 0 Å². The van der Waals surface area contributed by atoms with Crippen LogP contribution in [0.15, 0.2) is 18.2 Å². The van der Waals surface area contributed by atoms with E-state index in [1.807, 2.05) is 18.2 Å². The molecule has 1 aliphatic heterocycles. The number of amides is 1. The molecule has 4 nitrogen and oxygen atoms in total. The van der Waals surface area contributed by atoms with Crippen LogP contribution in [0.25, 0.3) is 0 Å². The van der Waals surface area contributed by atoms with E-state index in [1.165, 1.54) is 0 Å². The normalized spacial score (nSPS) is 14.3. The van der Waals surface area contributed by atoms with E-state index >= 15 is 0 Å². The van der Waals surface area contributed by atoms with Crippen molar-refractivity contribution in [3.63, 3.8) is 0 Å². The van der Waals surface area contributed by atoms with Gasteiger partial charge in [0.05, 0.1) is 5.69 Å². The van der Waals surface area contributed by atoms with Crippen molar-refractivity contribution in [2.24, 2.45) is 5.73 Å². The van der Waals surface area contributed by atoms with E-state index in [9.17, 15) is 4.79 Å². The first-order valence-electron chi connectivity index (χ1n) is 6.08. The van der Waals surface area contributed by atoms with Gasteiger partial charge in [0.2, 0.25) is 0 Å². The fourth-order valence-electron chi connectivity index (χ4n) is 2.03. The number of benzene rings is 1. The van der Waals surface area contributed by atoms with Gasteiger partial charge in [0, 0.05) is 12.4 Å². The second kappa shape index (κ2) is 6.07. The fraction of sp³-hybridized carbons (Fsp3) is 0.462. The number of anilines is 1. The van der Waals surface area contributed by atoms with Crippen molar-refractivity contribution in [2.75, 3.05) is 30.5 Å². The van der Waals surface area contributed by atoms with Crippen molar-refractivity contribution < 1.29 is 9.53 Å². The molecule has 0 unspecified atom stereocenters. The average molecular weight is 269 g/mol. The minimum Gasteiger partial charge on any atom is -0.482 e. The lowest BCUT2D eigenvalue weighted by molar-refractivity contribution is -0.121. The Morgan fingerprint density at radius 2 is 2.28 bits per heavy atom. The molecule has 0 spiro atoms. The van der Waals surface area contributed by atoms with Crippen molar-refractivity contribution in [3.05, 3.63) is 23.8 Å². The highest BCUT2D eigenvalue weighted by atomic mass is 35.5. The monoisotopic (exact) mass is 268 g/mol. The van der Waals surface area contributed by atoms with Gasteiger partial charge in [0.1, 0.15) is 5.75 Å². The quantitative estimate of drug-likeness (QED) is 0.825. The van der Waals surface area contributed by atoms with Gasteiger partial charge in [-0.15, -0.1) is 11.6 Å². The molecule has 0 aromatic heterocycles. The topological polar surface area (TPSA) is 55.6 Å². The number of halogens is 1. The second-order valence-electron chi connectivity index (χ2n) is 4.22. The smallest absolute Gasteiger partial charge is 0.265 e. The van der Waals surface area contributed by atoms with Gasteiger partial charge < -0.3 is 15.4 Å². The molecule has 0 saturated heterocycles. The van der Waals surface area contributed by atoms with Gasteiger partial charge in [0.15, 0.2) is 6.61 Å². The zero-order valence-corrected chi connectivity index (χ0v) is 10.9. The van der Waals surface area contributed by atoms with Gasteiger partial charge in [-0.1, -0.05) is 6.07 Å². The standard InChI is InChI=1S/C13H17ClN2O2/c14-5-1-7-16-11-8-10(4-6-15)2-3-12(11)18-9-13(16)17/h2-3,8H,1,4-7,9,15H2. The highest BCUT2D eigenvalue weighted by molar-refractivity contribution is 6.17. The first kappa shape index (κ1) is 13.2. The summed E-state index contributed by atoms with van der Waals surface area (Å²) in [7, 11) is 0. The Labute approximate surface area is 112 Å². The lowest BCUT2D eigenvalue weighted by Gasteiger charge is -2.29. The fourth-order valence-corrected chi connectivity index (χ4v) is 2.15. The lowest BCUT2D eigenvalue weighted by Crippen LogP contribution is -2.39. The molecule has 1 aliphatic rings. The van der Waals surface area contributed by atoms with Gasteiger partial charge in [-0.2, -0.15) is 0 Å². The first-order chi connectivity index (χ1) is 8.76. The molecule has 0 fully saturated rings. The summed E-state index contributed by atoms with van der Waals surface area (Å²) < 4.78 is 5.42. The molecule has 1 amide bonds. The van der Waals surface area contributed by atoms with E-state index in [-0.39, 0.29) is 12.5 Å². The van der Waals surface area contributed by atoms with Crippen LogP contribution in [0.3, 0.4) is 0 Å². The number of ether oxygens (including phenoxy) is 1. The number of hydrogen-bond donors (Lipinski definition) is 1. The number of alkyl halides is 1. The zero-order chi connectivity index (χ0) is 13.0. The van der Waals surface area contributed by atoms with Crippen LogP contribution in [-0.4, -0.2) is 31.5 Å². The van der Waals surface area contributed by atoms with Gasteiger partial charge in [-0.3, -0.25) is 4.79 Å². The Kier molecular flexibility index (Phi) is 4.44. The highest BCUT2D eigenvalue weighted by Gasteiger charge is 2.25. The molecule has 1 aromatic rings. The van der Waals surface area contributed by atoms with Crippen LogP contribution in [0.5, 0.6) is 5.75 Å². The molecule has 98 valence electrons. The van der Waals surface area contributed by atoms with Crippen LogP contribution in [0, 0.1) is 0 Å². The predicted molar refractivity (Wildman–Crippen MR) is 72.4 cm³/mol. The maximum atomic E-state index is 11.9. The second-order valence-corrected chi connectivity index (χ2v) is 4.60. The molecule has 0 radical (unpaired) electrons. The molecule has 2 rings (SSSR count). The lowest BCUT2D eigenvalue weighted by atomic mass is 10.1. The third kappa shape index (κ3) is 2.76. The summed E-state index contributed by atoms with van der Waals surface area (Å²) in [5.41, 5.74) is 7.50. The number of fused-ring (bicyclic) bond motifs is 1. The Balaban J connectivity index is 2.27. The minimum absolute atomic E-state index is 0.0162. The summed E-state index contributed by atoms with van der Waals surface area (Å²) in [5, 5.41) is 0. The molecule has 2 N–H and O–H groups in total. The predicted octanol–water partition coefficient (Wildman–Crippen LogP) is 1.54. The number of rotatable bonds is 5. The third-order valence-electron chi connectivity index (χ3n) is 2.91. The van der Waals surface area contributed by atoms with Crippen LogP contribution < -0.4 is 15.4 Å². The average Bonchev–Trinajstić information content (AvgIpc) is 2.38. The molecule has 1 heterocycles. The van der Waals surface area contributed by atoms with Crippen LogP contribution >= 0.6 is 11.6 Å². The maximum Gasteiger partial charge on any atom is 0.265 e. The Morgan fingerprint density at radius 1 is 1.44 bits per heavy atom. The molecular formula is C13H17ClN2O2. The summed E-state index contributed by atoms with van der Waals surface area (Å²) >= 11 is 5.69. The largest absolute Gasteiger partial charge is 0.482 e. The maximum absolute atomic E-state index is 11.9. The van der Waals surface area contributed by atoms with Gasteiger partial charge >= 0.3 is 0 Å². The summed E-state index contributed by atoms with van der Waals surface area (Å²) in [4.78, 5) is 13.6. The van der Waals surface area contributed by atoms with E-state index in [0.29, 0.717) is 19.0 Å². The number of nitrogens with zero attached hydrogens (tertiary/aromatic N) is 1. The number of carbonyl (C=O) groups is 1. The van der Waals surface area contributed by atoms with Crippen LogP contribution in [-0.2, 0) is 11.2 Å². The number of carbonyl (C=O) groups excluding carboxylic acids is 1. The summed E-state index contributed by atoms with van der Waals surface area (Å²) in [6.45, 7) is 1.32. The highest BCUT2D eigenvalue weighted by Crippen LogP contribution is 2.33. The van der Waals surface area contributed by atoms with Crippen LogP contribution in [0.1, 0.15) is 12.0 Å². The first-order valence-corrected chi connectivity index (χ1v) is 6.62. The summed E-state index contributed by atoms with van der Waals surface area (Å²) in [5.74, 6) is 1.28. The van der Waals surface area contributed by atoms with Crippen molar-refractivity contribution in [2.45, 2.75) is 12.8 Å². The summed E-state index contributed by atoms with van der Waals surface area (Å²) in [6.07, 6.45) is 1.57. The molecule has 0 atom stereocenters. The van der Waals surface area contributed by atoms with Gasteiger partial charge in [-0.05, 0) is 37.1 Å². The molecule has 1 aromatic carbocycles. The van der Waals surface area contributed by atoms with Crippen molar-refractivity contribution in [1.29, 1.82) is 0 Å². The number of hydrogen-bond acceptors (Lipinski definition) is 3. The van der Waals surface area contributed by atoms with Crippen LogP contribution in [0.2, 0.25) is 0 Å². The number of nitrogens with two attached hydrogens (primary N) is 1. The van der Waals surface area contributed by atoms with E-state index in [4.69, 9.17) is 22.1 Å².